The fourth-order valence-electron chi connectivity index (χ4n) is 3.72. The zero-order chi connectivity index (χ0) is 23.3. The predicted molar refractivity (Wildman–Crippen MR) is 122 cm³/mol. The summed E-state index contributed by atoms with van der Waals surface area (Å²) in [4.78, 5) is 26.3. The lowest BCUT2D eigenvalue weighted by Crippen LogP contribution is -2.31. The monoisotopic (exact) mass is 459 g/mol. The van der Waals surface area contributed by atoms with Gasteiger partial charge in [-0.05, 0) is 42.3 Å². The molecule has 2 aromatic carbocycles. The van der Waals surface area contributed by atoms with Gasteiger partial charge in [0, 0.05) is 43.9 Å². The Balaban J connectivity index is 1.73. The Morgan fingerprint density at radius 1 is 1.12 bits per heavy atom. The molecule has 0 bridgehead atoms. The second kappa shape index (κ2) is 10.1. The first-order valence-electron chi connectivity index (χ1n) is 10.7. The third-order valence-electron chi connectivity index (χ3n) is 5.52. The van der Waals surface area contributed by atoms with Gasteiger partial charge in [0.2, 0.25) is 15.9 Å². The first-order valence-corrected chi connectivity index (χ1v) is 12.1. The molecule has 3 rings (SSSR count). The number of carbonyl (C=O) groups excluding carboxylic acids is 2. The van der Waals surface area contributed by atoms with Gasteiger partial charge in [0.1, 0.15) is 10.6 Å². The van der Waals surface area contributed by atoms with Crippen molar-refractivity contribution in [3.8, 4) is 5.75 Å². The van der Waals surface area contributed by atoms with Crippen molar-refractivity contribution in [2.45, 2.75) is 38.1 Å². The maximum Gasteiger partial charge on any atom is 0.251 e. The van der Waals surface area contributed by atoms with E-state index in [1.165, 1.54) is 29.6 Å². The van der Waals surface area contributed by atoms with E-state index in [0.717, 1.165) is 24.2 Å². The number of rotatable bonds is 9. The quantitative estimate of drug-likeness (QED) is 0.622. The largest absolute Gasteiger partial charge is 0.495 e. The molecule has 1 aliphatic heterocycles. The van der Waals surface area contributed by atoms with Crippen LogP contribution in [0, 0.1) is 0 Å². The van der Waals surface area contributed by atoms with Gasteiger partial charge in [0.25, 0.3) is 5.91 Å². The summed E-state index contributed by atoms with van der Waals surface area (Å²) in [7, 11) is -2.39. The molecule has 0 aliphatic carbocycles. The smallest absolute Gasteiger partial charge is 0.251 e. The maximum absolute atomic E-state index is 13.0. The van der Waals surface area contributed by atoms with Crippen LogP contribution in [0.25, 0.3) is 0 Å². The standard InChI is InChI=1S/C23H29N3O5S/c1-4-25(5-2)32(29,30)21-15-18(10-13-20(21)31-3)23(28)24-16-17-8-11-19(12-9-17)26-14-6-7-22(26)27/h8-13,15H,4-7,14,16H2,1-3H3,(H,24,28). The summed E-state index contributed by atoms with van der Waals surface area (Å²) < 4.78 is 32.5. The van der Waals surface area contributed by atoms with E-state index >= 15 is 0 Å². The van der Waals surface area contributed by atoms with Crippen LogP contribution < -0.4 is 15.0 Å². The number of nitrogens with zero attached hydrogens (tertiary/aromatic N) is 2. The van der Waals surface area contributed by atoms with Crippen molar-refractivity contribution in [3.05, 3.63) is 53.6 Å². The summed E-state index contributed by atoms with van der Waals surface area (Å²) in [6.45, 7) is 5.15. The van der Waals surface area contributed by atoms with Crippen LogP contribution in [0.2, 0.25) is 0 Å². The number of hydrogen-bond acceptors (Lipinski definition) is 5. The van der Waals surface area contributed by atoms with Gasteiger partial charge in [-0.1, -0.05) is 26.0 Å². The maximum atomic E-state index is 13.0. The lowest BCUT2D eigenvalue weighted by atomic mass is 10.1. The molecule has 0 aromatic heterocycles. The summed E-state index contributed by atoms with van der Waals surface area (Å²) in [6, 6.07) is 11.9. The molecule has 172 valence electrons. The predicted octanol–water partition coefficient (Wildman–Crippen LogP) is 2.78. The SMILES string of the molecule is CCN(CC)S(=O)(=O)c1cc(C(=O)NCc2ccc(N3CCCC3=O)cc2)ccc1OC. The highest BCUT2D eigenvalue weighted by Crippen LogP contribution is 2.28. The van der Waals surface area contributed by atoms with Crippen LogP contribution in [-0.4, -0.2) is 51.3 Å². The third kappa shape index (κ3) is 4.94. The molecule has 32 heavy (non-hydrogen) atoms. The molecule has 8 nitrogen and oxygen atoms in total. The van der Waals surface area contributed by atoms with Crippen molar-refractivity contribution in [1.29, 1.82) is 0 Å². The highest BCUT2D eigenvalue weighted by Gasteiger charge is 2.27. The van der Waals surface area contributed by atoms with E-state index in [1.54, 1.807) is 18.7 Å². The molecular weight excluding hydrogens is 430 g/mol. The molecule has 1 heterocycles. The number of benzene rings is 2. The Labute approximate surface area is 189 Å². The molecule has 0 radical (unpaired) electrons. The van der Waals surface area contributed by atoms with Gasteiger partial charge in [-0.2, -0.15) is 4.31 Å². The second-order valence-corrected chi connectivity index (χ2v) is 9.36. The molecule has 2 amide bonds. The van der Waals surface area contributed by atoms with E-state index in [-0.39, 0.29) is 34.6 Å². The van der Waals surface area contributed by atoms with Crippen molar-refractivity contribution in [1.82, 2.24) is 9.62 Å². The molecule has 0 unspecified atom stereocenters. The fraction of sp³-hybridized carbons (Fsp3) is 0.391. The fourth-order valence-corrected chi connectivity index (χ4v) is 5.36. The van der Waals surface area contributed by atoms with E-state index in [4.69, 9.17) is 4.74 Å². The number of carbonyl (C=O) groups is 2. The average molecular weight is 460 g/mol. The van der Waals surface area contributed by atoms with Gasteiger partial charge in [-0.25, -0.2) is 8.42 Å². The van der Waals surface area contributed by atoms with Crippen LogP contribution in [-0.2, 0) is 21.4 Å². The van der Waals surface area contributed by atoms with Crippen LogP contribution >= 0.6 is 0 Å². The Kier molecular flexibility index (Phi) is 7.52. The van der Waals surface area contributed by atoms with Crippen LogP contribution in [0.1, 0.15) is 42.6 Å². The van der Waals surface area contributed by atoms with E-state index in [0.29, 0.717) is 19.5 Å². The van der Waals surface area contributed by atoms with E-state index in [9.17, 15) is 18.0 Å². The van der Waals surface area contributed by atoms with Crippen LogP contribution in [0.4, 0.5) is 5.69 Å². The Bertz CT molecular complexity index is 1080. The molecule has 9 heteroatoms. The van der Waals surface area contributed by atoms with Crippen molar-refractivity contribution >= 4 is 27.5 Å². The number of hydrogen-bond donors (Lipinski definition) is 1. The molecule has 1 saturated heterocycles. The molecule has 0 spiro atoms. The van der Waals surface area contributed by atoms with Crippen molar-refractivity contribution in [2.24, 2.45) is 0 Å². The van der Waals surface area contributed by atoms with E-state index in [1.807, 2.05) is 24.3 Å². The van der Waals surface area contributed by atoms with Gasteiger partial charge in [-0.15, -0.1) is 0 Å². The molecule has 0 saturated carbocycles. The summed E-state index contributed by atoms with van der Waals surface area (Å²) in [5.74, 6) is -0.0658. The third-order valence-corrected chi connectivity index (χ3v) is 7.59. The summed E-state index contributed by atoms with van der Waals surface area (Å²) in [5.41, 5.74) is 1.96. The Morgan fingerprint density at radius 3 is 2.38 bits per heavy atom. The number of amides is 2. The lowest BCUT2D eigenvalue weighted by Gasteiger charge is -2.20. The zero-order valence-corrected chi connectivity index (χ0v) is 19.4. The van der Waals surface area contributed by atoms with Crippen molar-refractivity contribution in [2.75, 3.05) is 31.6 Å². The number of ether oxygens (including phenoxy) is 1. The van der Waals surface area contributed by atoms with Crippen LogP contribution in [0.5, 0.6) is 5.75 Å². The van der Waals surface area contributed by atoms with Gasteiger partial charge in [-0.3, -0.25) is 9.59 Å². The number of anilines is 1. The zero-order valence-electron chi connectivity index (χ0n) is 18.6. The average Bonchev–Trinajstić information content (AvgIpc) is 3.23. The number of methoxy groups -OCH3 is 1. The minimum Gasteiger partial charge on any atom is -0.495 e. The summed E-state index contributed by atoms with van der Waals surface area (Å²) >= 11 is 0. The summed E-state index contributed by atoms with van der Waals surface area (Å²) in [6.07, 6.45) is 1.44. The molecule has 1 fully saturated rings. The molecule has 1 aliphatic rings. The van der Waals surface area contributed by atoms with Crippen LogP contribution in [0.3, 0.4) is 0 Å². The van der Waals surface area contributed by atoms with Crippen molar-refractivity contribution in [3.63, 3.8) is 0 Å². The van der Waals surface area contributed by atoms with Crippen molar-refractivity contribution < 1.29 is 22.7 Å². The van der Waals surface area contributed by atoms with Gasteiger partial charge < -0.3 is 15.0 Å². The molecule has 0 atom stereocenters. The van der Waals surface area contributed by atoms with E-state index in [2.05, 4.69) is 5.32 Å². The first kappa shape index (κ1) is 23.7. The lowest BCUT2D eigenvalue weighted by molar-refractivity contribution is -0.117. The summed E-state index contributed by atoms with van der Waals surface area (Å²) in [5, 5.41) is 2.82. The number of nitrogens with one attached hydrogen (secondary N) is 1. The Hall–Kier alpha value is -2.91. The normalized spacial score (nSPS) is 14.1. The highest BCUT2D eigenvalue weighted by molar-refractivity contribution is 7.89. The molecule has 2 aromatic rings. The first-order chi connectivity index (χ1) is 15.3. The van der Waals surface area contributed by atoms with Crippen LogP contribution in [0.15, 0.2) is 47.4 Å². The van der Waals surface area contributed by atoms with E-state index < -0.39 is 10.0 Å². The van der Waals surface area contributed by atoms with Gasteiger partial charge in [0.05, 0.1) is 7.11 Å². The Morgan fingerprint density at radius 2 is 1.81 bits per heavy atom. The highest BCUT2D eigenvalue weighted by atomic mass is 32.2. The molecular formula is C23H29N3O5S. The minimum absolute atomic E-state index is 0.0315. The second-order valence-electron chi connectivity index (χ2n) is 7.45. The minimum atomic E-state index is -3.79. The molecule has 1 N–H and O–H groups in total. The van der Waals surface area contributed by atoms with Gasteiger partial charge in [0.15, 0.2) is 0 Å². The number of sulfonamides is 1. The van der Waals surface area contributed by atoms with Gasteiger partial charge >= 0.3 is 0 Å². The topological polar surface area (TPSA) is 96.0 Å².